The topological polar surface area (TPSA) is 78.4 Å². The number of hydrogen-bond acceptors (Lipinski definition) is 6. The molecule has 0 radical (unpaired) electrons. The summed E-state index contributed by atoms with van der Waals surface area (Å²) in [6.07, 6.45) is 7.57. The van der Waals surface area contributed by atoms with Gasteiger partial charge in [0.1, 0.15) is 6.61 Å². The number of nitrogens with zero attached hydrogens (tertiary/aromatic N) is 1. The smallest absolute Gasteiger partial charge is 0.271 e. The van der Waals surface area contributed by atoms with E-state index in [0.29, 0.717) is 35.2 Å². The number of hydrazone groups is 1. The first-order valence-corrected chi connectivity index (χ1v) is 9.01. The van der Waals surface area contributed by atoms with Crippen molar-refractivity contribution in [2.24, 2.45) is 5.10 Å². The van der Waals surface area contributed by atoms with Gasteiger partial charge in [0, 0.05) is 5.56 Å². The van der Waals surface area contributed by atoms with Gasteiger partial charge >= 0.3 is 0 Å². The third kappa shape index (κ3) is 6.18. The molecule has 1 amide bonds. The van der Waals surface area contributed by atoms with E-state index in [2.05, 4.69) is 16.4 Å². The highest BCUT2D eigenvalue weighted by atomic mass is 16.5. The van der Waals surface area contributed by atoms with Crippen molar-refractivity contribution in [3.63, 3.8) is 0 Å². The van der Waals surface area contributed by atoms with E-state index >= 15 is 0 Å². The first-order chi connectivity index (χ1) is 14.1. The average molecular weight is 396 g/mol. The molecule has 2 aromatic rings. The number of benzene rings is 2. The zero-order chi connectivity index (χ0) is 21.1. The third-order valence-electron chi connectivity index (χ3n) is 3.77. The Morgan fingerprint density at radius 2 is 1.76 bits per heavy atom. The molecule has 0 atom stereocenters. The number of amides is 1. The van der Waals surface area contributed by atoms with Crippen LogP contribution in [0.2, 0.25) is 0 Å². The van der Waals surface area contributed by atoms with Crippen molar-refractivity contribution in [1.29, 1.82) is 0 Å². The van der Waals surface area contributed by atoms with Crippen LogP contribution in [0, 0.1) is 12.3 Å². The minimum Gasteiger partial charge on any atom is -0.493 e. The maximum Gasteiger partial charge on any atom is 0.271 e. The molecule has 0 saturated carbocycles. The minimum absolute atomic E-state index is 0.144. The van der Waals surface area contributed by atoms with Crippen LogP contribution in [0.15, 0.2) is 41.5 Å². The third-order valence-corrected chi connectivity index (χ3v) is 3.77. The lowest BCUT2D eigenvalue weighted by Crippen LogP contribution is -2.17. The van der Waals surface area contributed by atoms with Gasteiger partial charge in [-0.15, -0.1) is 6.42 Å². The Morgan fingerprint density at radius 1 is 1.07 bits per heavy atom. The molecular formula is C22H24N2O5. The van der Waals surface area contributed by atoms with E-state index < -0.39 is 0 Å². The van der Waals surface area contributed by atoms with Crippen molar-refractivity contribution in [2.75, 3.05) is 27.4 Å². The SMILES string of the molecule is C#CCOc1ccc(/C=N/NC(=O)c2ccc(OCCC)c(OC)c2)cc1OC. The van der Waals surface area contributed by atoms with E-state index in [-0.39, 0.29) is 12.5 Å². The quantitative estimate of drug-likeness (QED) is 0.379. The molecule has 0 fully saturated rings. The van der Waals surface area contributed by atoms with Gasteiger partial charge in [0.05, 0.1) is 27.0 Å². The Hall–Kier alpha value is -3.66. The number of terminal acetylenes is 1. The van der Waals surface area contributed by atoms with E-state index in [1.165, 1.54) is 20.4 Å². The second-order valence-corrected chi connectivity index (χ2v) is 5.82. The molecule has 0 unspecified atom stereocenters. The first-order valence-electron chi connectivity index (χ1n) is 9.01. The van der Waals surface area contributed by atoms with E-state index in [1.807, 2.05) is 6.92 Å². The van der Waals surface area contributed by atoms with Crippen LogP contribution in [-0.2, 0) is 0 Å². The number of hydrogen-bond donors (Lipinski definition) is 1. The number of carbonyl (C=O) groups is 1. The molecule has 0 aliphatic heterocycles. The molecule has 0 aliphatic carbocycles. The van der Waals surface area contributed by atoms with Gasteiger partial charge in [0.15, 0.2) is 23.0 Å². The van der Waals surface area contributed by atoms with E-state index in [1.54, 1.807) is 36.4 Å². The largest absolute Gasteiger partial charge is 0.493 e. The Morgan fingerprint density at radius 3 is 2.45 bits per heavy atom. The number of nitrogens with one attached hydrogen (secondary N) is 1. The summed E-state index contributed by atoms with van der Waals surface area (Å²) in [4.78, 5) is 12.3. The highest BCUT2D eigenvalue weighted by molar-refractivity contribution is 5.95. The Kier molecular flexibility index (Phi) is 8.39. The summed E-state index contributed by atoms with van der Waals surface area (Å²) >= 11 is 0. The van der Waals surface area contributed by atoms with Crippen molar-refractivity contribution in [3.8, 4) is 35.3 Å². The molecule has 7 nitrogen and oxygen atoms in total. The van der Waals surface area contributed by atoms with Gasteiger partial charge in [-0.05, 0) is 48.4 Å². The zero-order valence-electron chi connectivity index (χ0n) is 16.7. The molecular weight excluding hydrogens is 372 g/mol. The van der Waals surface area contributed by atoms with Crippen LogP contribution in [0.1, 0.15) is 29.3 Å². The zero-order valence-corrected chi connectivity index (χ0v) is 16.7. The Bertz CT molecular complexity index is 903. The fourth-order valence-corrected chi connectivity index (χ4v) is 2.37. The van der Waals surface area contributed by atoms with Gasteiger partial charge in [-0.25, -0.2) is 5.43 Å². The maximum absolute atomic E-state index is 12.3. The second kappa shape index (κ2) is 11.2. The summed E-state index contributed by atoms with van der Waals surface area (Å²) in [5.74, 6) is 4.15. The molecule has 0 heterocycles. The Labute approximate surface area is 170 Å². The van der Waals surface area contributed by atoms with Gasteiger partial charge in [0.25, 0.3) is 5.91 Å². The van der Waals surface area contributed by atoms with Crippen LogP contribution in [-0.4, -0.2) is 39.6 Å². The lowest BCUT2D eigenvalue weighted by atomic mass is 10.2. The van der Waals surface area contributed by atoms with Crippen LogP contribution >= 0.6 is 0 Å². The molecule has 7 heteroatoms. The monoisotopic (exact) mass is 396 g/mol. The summed E-state index contributed by atoms with van der Waals surface area (Å²) in [5, 5.41) is 3.99. The second-order valence-electron chi connectivity index (χ2n) is 5.82. The molecule has 1 N–H and O–H groups in total. The van der Waals surface area contributed by atoms with Crippen molar-refractivity contribution < 1.29 is 23.7 Å². The summed E-state index contributed by atoms with van der Waals surface area (Å²) in [5.41, 5.74) is 3.60. The van der Waals surface area contributed by atoms with E-state index in [0.717, 1.165) is 12.0 Å². The molecule has 0 saturated heterocycles. The van der Waals surface area contributed by atoms with Crippen LogP contribution in [0.4, 0.5) is 0 Å². The molecule has 0 aliphatic rings. The van der Waals surface area contributed by atoms with E-state index in [9.17, 15) is 4.79 Å². The highest BCUT2D eigenvalue weighted by Gasteiger charge is 2.11. The fourth-order valence-electron chi connectivity index (χ4n) is 2.37. The van der Waals surface area contributed by atoms with E-state index in [4.69, 9.17) is 25.4 Å². The molecule has 2 rings (SSSR count). The number of methoxy groups -OCH3 is 2. The first kappa shape index (κ1) is 21.6. The van der Waals surface area contributed by atoms with Crippen molar-refractivity contribution in [2.45, 2.75) is 13.3 Å². The predicted molar refractivity (Wildman–Crippen MR) is 111 cm³/mol. The van der Waals surface area contributed by atoms with Crippen molar-refractivity contribution in [3.05, 3.63) is 47.5 Å². The summed E-state index contributed by atoms with van der Waals surface area (Å²) in [6.45, 7) is 2.73. The minimum atomic E-state index is -0.373. The van der Waals surface area contributed by atoms with Crippen LogP contribution in [0.25, 0.3) is 0 Å². The van der Waals surface area contributed by atoms with Crippen molar-refractivity contribution in [1.82, 2.24) is 5.43 Å². The average Bonchev–Trinajstić information content (AvgIpc) is 2.76. The summed E-state index contributed by atoms with van der Waals surface area (Å²) in [7, 11) is 3.06. The molecule has 2 aromatic carbocycles. The van der Waals surface area contributed by atoms with Gasteiger partial charge in [0.2, 0.25) is 0 Å². The molecule has 0 bridgehead atoms. The van der Waals surface area contributed by atoms with Crippen LogP contribution in [0.3, 0.4) is 0 Å². The predicted octanol–water partition coefficient (Wildman–Crippen LogP) is 3.27. The molecule has 29 heavy (non-hydrogen) atoms. The van der Waals surface area contributed by atoms with Crippen LogP contribution in [0.5, 0.6) is 23.0 Å². The number of carbonyl (C=O) groups excluding carboxylic acids is 1. The fraction of sp³-hybridized carbons (Fsp3) is 0.273. The number of ether oxygens (including phenoxy) is 4. The molecule has 0 aromatic heterocycles. The molecule has 152 valence electrons. The molecule has 0 spiro atoms. The lowest BCUT2D eigenvalue weighted by molar-refractivity contribution is 0.0954. The lowest BCUT2D eigenvalue weighted by Gasteiger charge is -2.11. The van der Waals surface area contributed by atoms with Gasteiger partial charge in [-0.3, -0.25) is 4.79 Å². The number of rotatable bonds is 10. The maximum atomic E-state index is 12.3. The van der Waals surface area contributed by atoms with Gasteiger partial charge in [-0.1, -0.05) is 12.8 Å². The van der Waals surface area contributed by atoms with Crippen molar-refractivity contribution >= 4 is 12.1 Å². The standard InChI is InChI=1S/C22H24N2O5/c1-5-11-28-18-9-7-16(13-20(18)26-3)15-23-24-22(25)17-8-10-19(29-12-6-2)21(14-17)27-4/h1,7-10,13-15H,6,11-12H2,2-4H3,(H,24,25)/b23-15+. The van der Waals surface area contributed by atoms with Gasteiger partial charge in [-0.2, -0.15) is 5.10 Å². The highest BCUT2D eigenvalue weighted by Crippen LogP contribution is 2.28. The summed E-state index contributed by atoms with van der Waals surface area (Å²) in [6, 6.07) is 10.2. The normalized spacial score (nSPS) is 10.3. The van der Waals surface area contributed by atoms with Gasteiger partial charge < -0.3 is 18.9 Å². The summed E-state index contributed by atoms with van der Waals surface area (Å²) < 4.78 is 21.5. The Balaban J connectivity index is 2.04. The van der Waals surface area contributed by atoms with Crippen LogP contribution < -0.4 is 24.4 Å².